The highest BCUT2D eigenvalue weighted by Gasteiger charge is 2.14. The van der Waals surface area contributed by atoms with Crippen LogP contribution in [-0.2, 0) is 12.5 Å². The van der Waals surface area contributed by atoms with Crippen LogP contribution in [0.4, 0.5) is 13.2 Å². The number of alkyl halides is 1. The standard InChI is InChI=1S/C15H9ClF3NO/c16-6-9-3-13(18)15(14(19)4-9)21-8-11-5-12(17)2-1-10(11)7-20/h1-5H,6,8H2. The maximum absolute atomic E-state index is 13.7. The number of benzene rings is 2. The molecule has 0 spiro atoms. The normalized spacial score (nSPS) is 10.2. The molecule has 0 fully saturated rings. The van der Waals surface area contributed by atoms with Crippen molar-refractivity contribution < 1.29 is 17.9 Å². The first-order chi connectivity index (χ1) is 10.0. The minimum absolute atomic E-state index is 0.0312. The van der Waals surface area contributed by atoms with Crippen molar-refractivity contribution in [3.63, 3.8) is 0 Å². The quantitative estimate of drug-likeness (QED) is 0.789. The molecule has 0 heterocycles. The van der Waals surface area contributed by atoms with Crippen LogP contribution in [-0.4, -0.2) is 0 Å². The van der Waals surface area contributed by atoms with Gasteiger partial charge in [-0.05, 0) is 35.9 Å². The van der Waals surface area contributed by atoms with Crippen LogP contribution in [0, 0.1) is 28.8 Å². The smallest absolute Gasteiger partial charge is 0.191 e. The molecule has 108 valence electrons. The Hall–Kier alpha value is -2.19. The summed E-state index contributed by atoms with van der Waals surface area (Å²) in [6, 6.07) is 7.45. The molecule has 0 aliphatic heterocycles. The van der Waals surface area contributed by atoms with Gasteiger partial charge in [0.1, 0.15) is 12.4 Å². The lowest BCUT2D eigenvalue weighted by molar-refractivity contribution is 0.273. The third-order valence-electron chi connectivity index (χ3n) is 2.77. The highest BCUT2D eigenvalue weighted by atomic mass is 35.5. The summed E-state index contributed by atoms with van der Waals surface area (Å²) in [6.07, 6.45) is 0. The molecule has 0 aliphatic carbocycles. The van der Waals surface area contributed by atoms with E-state index in [1.54, 1.807) is 0 Å². The Bertz CT molecular complexity index is 690. The van der Waals surface area contributed by atoms with E-state index in [4.69, 9.17) is 21.6 Å². The lowest BCUT2D eigenvalue weighted by atomic mass is 10.1. The summed E-state index contributed by atoms with van der Waals surface area (Å²) in [4.78, 5) is 0. The van der Waals surface area contributed by atoms with Gasteiger partial charge in [-0.3, -0.25) is 0 Å². The van der Waals surface area contributed by atoms with Gasteiger partial charge < -0.3 is 4.74 Å². The zero-order valence-electron chi connectivity index (χ0n) is 10.7. The molecule has 6 heteroatoms. The summed E-state index contributed by atoms with van der Waals surface area (Å²) < 4.78 is 45.6. The Balaban J connectivity index is 2.25. The predicted molar refractivity (Wildman–Crippen MR) is 71.4 cm³/mol. The van der Waals surface area contributed by atoms with E-state index in [0.29, 0.717) is 0 Å². The number of halogens is 4. The van der Waals surface area contributed by atoms with Crippen LogP contribution in [0.2, 0.25) is 0 Å². The van der Waals surface area contributed by atoms with Crippen LogP contribution in [0.15, 0.2) is 30.3 Å². The summed E-state index contributed by atoms with van der Waals surface area (Å²) in [5.41, 5.74) is 0.662. The van der Waals surface area contributed by atoms with Crippen LogP contribution in [0.25, 0.3) is 0 Å². The first-order valence-corrected chi connectivity index (χ1v) is 6.43. The zero-order chi connectivity index (χ0) is 15.4. The summed E-state index contributed by atoms with van der Waals surface area (Å²) in [5.74, 6) is -2.99. The maximum Gasteiger partial charge on any atom is 0.191 e. The van der Waals surface area contributed by atoms with Gasteiger partial charge in [-0.1, -0.05) is 0 Å². The lowest BCUT2D eigenvalue weighted by Crippen LogP contribution is -2.03. The number of hydrogen-bond donors (Lipinski definition) is 0. The first-order valence-electron chi connectivity index (χ1n) is 5.90. The second-order valence-electron chi connectivity index (χ2n) is 4.22. The van der Waals surface area contributed by atoms with E-state index in [2.05, 4.69) is 0 Å². The van der Waals surface area contributed by atoms with Crippen LogP contribution in [0.3, 0.4) is 0 Å². The third kappa shape index (κ3) is 3.47. The van der Waals surface area contributed by atoms with Crippen LogP contribution < -0.4 is 4.74 Å². The Morgan fingerprint density at radius 1 is 1.10 bits per heavy atom. The number of hydrogen-bond acceptors (Lipinski definition) is 2. The van der Waals surface area contributed by atoms with Gasteiger partial charge in [0.2, 0.25) is 0 Å². The van der Waals surface area contributed by atoms with Gasteiger partial charge in [-0.25, -0.2) is 13.2 Å². The summed E-state index contributed by atoms with van der Waals surface area (Å²) in [7, 11) is 0. The van der Waals surface area contributed by atoms with Crippen molar-refractivity contribution in [3.05, 3.63) is 64.5 Å². The molecule has 0 aliphatic rings. The molecule has 2 aromatic rings. The van der Waals surface area contributed by atoms with E-state index >= 15 is 0 Å². The van der Waals surface area contributed by atoms with Crippen molar-refractivity contribution >= 4 is 11.6 Å². The number of ether oxygens (including phenoxy) is 1. The molecule has 0 atom stereocenters. The van der Waals surface area contributed by atoms with Gasteiger partial charge in [0.05, 0.1) is 11.6 Å². The molecule has 0 bridgehead atoms. The van der Waals surface area contributed by atoms with Crippen molar-refractivity contribution in [3.8, 4) is 11.8 Å². The molecule has 0 aromatic heterocycles. The van der Waals surface area contributed by atoms with Crippen molar-refractivity contribution in [2.75, 3.05) is 0 Å². The highest BCUT2D eigenvalue weighted by molar-refractivity contribution is 6.17. The maximum atomic E-state index is 13.7. The van der Waals surface area contributed by atoms with E-state index in [9.17, 15) is 13.2 Å². The van der Waals surface area contributed by atoms with Crippen molar-refractivity contribution in [2.45, 2.75) is 12.5 Å². The molecule has 2 aromatic carbocycles. The van der Waals surface area contributed by atoms with Gasteiger partial charge in [0, 0.05) is 11.4 Å². The number of nitriles is 1. The van der Waals surface area contributed by atoms with Gasteiger partial charge >= 0.3 is 0 Å². The molecule has 0 saturated heterocycles. The summed E-state index contributed by atoms with van der Waals surface area (Å²) in [6.45, 7) is -0.325. The fraction of sp³-hybridized carbons (Fsp3) is 0.133. The van der Waals surface area contributed by atoms with Gasteiger partial charge in [-0.15, -0.1) is 11.6 Å². The van der Waals surface area contributed by atoms with E-state index in [1.165, 1.54) is 6.07 Å². The molecule has 0 unspecified atom stereocenters. The molecular formula is C15H9ClF3NO. The minimum atomic E-state index is -0.902. The SMILES string of the molecule is N#Cc1ccc(F)cc1COc1c(F)cc(CCl)cc1F. The zero-order valence-corrected chi connectivity index (χ0v) is 11.4. The average Bonchev–Trinajstić information content (AvgIpc) is 2.46. The minimum Gasteiger partial charge on any atom is -0.483 e. The van der Waals surface area contributed by atoms with E-state index < -0.39 is 23.2 Å². The summed E-state index contributed by atoms with van der Waals surface area (Å²) >= 11 is 5.50. The monoisotopic (exact) mass is 311 g/mol. The topological polar surface area (TPSA) is 33.0 Å². The second kappa shape index (κ2) is 6.51. The molecule has 0 saturated carbocycles. The van der Waals surface area contributed by atoms with Crippen molar-refractivity contribution in [2.24, 2.45) is 0 Å². The molecule has 0 amide bonds. The van der Waals surface area contributed by atoms with Crippen molar-refractivity contribution in [1.29, 1.82) is 5.26 Å². The van der Waals surface area contributed by atoms with E-state index in [1.807, 2.05) is 6.07 Å². The lowest BCUT2D eigenvalue weighted by Gasteiger charge is -2.10. The van der Waals surface area contributed by atoms with E-state index in [-0.39, 0.29) is 29.2 Å². The fourth-order valence-corrected chi connectivity index (χ4v) is 1.92. The molecule has 21 heavy (non-hydrogen) atoms. The molecule has 2 rings (SSSR count). The third-order valence-corrected chi connectivity index (χ3v) is 3.08. The molecular weight excluding hydrogens is 303 g/mol. The average molecular weight is 312 g/mol. The van der Waals surface area contributed by atoms with Crippen LogP contribution in [0.1, 0.15) is 16.7 Å². The summed E-state index contributed by atoms with van der Waals surface area (Å²) in [5, 5.41) is 8.89. The fourth-order valence-electron chi connectivity index (χ4n) is 1.77. The Kier molecular flexibility index (Phi) is 4.71. The molecule has 0 N–H and O–H groups in total. The predicted octanol–water partition coefficient (Wildman–Crippen LogP) is 4.29. The number of rotatable bonds is 4. The first kappa shape index (κ1) is 15.2. The van der Waals surface area contributed by atoms with Gasteiger partial charge in [0.15, 0.2) is 17.4 Å². The van der Waals surface area contributed by atoms with Gasteiger partial charge in [-0.2, -0.15) is 5.26 Å². The Morgan fingerprint density at radius 3 is 2.33 bits per heavy atom. The highest BCUT2D eigenvalue weighted by Crippen LogP contribution is 2.25. The molecule has 2 nitrogen and oxygen atoms in total. The molecule has 0 radical (unpaired) electrons. The largest absolute Gasteiger partial charge is 0.483 e. The van der Waals surface area contributed by atoms with Crippen LogP contribution in [0.5, 0.6) is 5.75 Å². The van der Waals surface area contributed by atoms with Gasteiger partial charge in [0.25, 0.3) is 0 Å². The Labute approximate surface area is 124 Å². The van der Waals surface area contributed by atoms with E-state index in [0.717, 1.165) is 24.3 Å². The number of nitrogens with zero attached hydrogens (tertiary/aromatic N) is 1. The van der Waals surface area contributed by atoms with Crippen LogP contribution >= 0.6 is 11.6 Å². The second-order valence-corrected chi connectivity index (χ2v) is 4.49. The van der Waals surface area contributed by atoms with Crippen molar-refractivity contribution in [1.82, 2.24) is 0 Å². The Morgan fingerprint density at radius 2 is 1.76 bits per heavy atom.